The largest absolute Gasteiger partial charge is 0.467 e. The van der Waals surface area contributed by atoms with Gasteiger partial charge in [-0.3, -0.25) is 14.4 Å². The first kappa shape index (κ1) is 38.2. The number of likely N-dealkylation sites (N-methyl/N-ethyl adjacent to an activating group) is 1. The Bertz CT molecular complexity index is 1100. The number of likely N-dealkylation sites (tertiary alicyclic amines) is 1. The van der Waals surface area contributed by atoms with Crippen LogP contribution in [0.25, 0.3) is 0 Å². The van der Waals surface area contributed by atoms with E-state index >= 15 is 0 Å². The van der Waals surface area contributed by atoms with Crippen LogP contribution in [0.3, 0.4) is 0 Å². The van der Waals surface area contributed by atoms with Gasteiger partial charge in [-0.15, -0.1) is 0 Å². The van der Waals surface area contributed by atoms with Gasteiger partial charge in [0, 0.05) is 34.2 Å². The van der Waals surface area contributed by atoms with Crippen molar-refractivity contribution in [3.8, 4) is 0 Å². The van der Waals surface area contributed by atoms with E-state index in [1.807, 2.05) is 58.0 Å². The lowest BCUT2D eigenvalue weighted by Gasteiger charge is -2.40. The minimum absolute atomic E-state index is 0.0306. The van der Waals surface area contributed by atoms with Gasteiger partial charge in [-0.05, 0) is 30.2 Å². The van der Waals surface area contributed by atoms with Crippen molar-refractivity contribution in [2.45, 2.75) is 103 Å². The molecule has 3 amide bonds. The predicted molar refractivity (Wildman–Crippen MR) is 173 cm³/mol. The Labute approximate surface area is 269 Å². The summed E-state index contributed by atoms with van der Waals surface area (Å²) >= 11 is 0. The molecule has 0 aromatic heterocycles. The fraction of sp³-hybridized carbons (Fsp3) is 0.706. The summed E-state index contributed by atoms with van der Waals surface area (Å²) in [6, 6.07) is 7.18. The molecule has 11 nitrogen and oxygen atoms in total. The lowest BCUT2D eigenvalue weighted by Crippen LogP contribution is -2.56. The van der Waals surface area contributed by atoms with Crippen LogP contribution in [0.1, 0.15) is 65.9 Å². The van der Waals surface area contributed by atoms with Crippen LogP contribution in [0, 0.1) is 17.8 Å². The highest BCUT2D eigenvalue weighted by Crippen LogP contribution is 2.29. The van der Waals surface area contributed by atoms with Crippen LogP contribution >= 0.6 is 0 Å². The molecule has 1 heterocycles. The molecule has 2 rings (SSSR count). The monoisotopic (exact) mass is 632 g/mol. The van der Waals surface area contributed by atoms with Gasteiger partial charge in [-0.2, -0.15) is 0 Å². The van der Waals surface area contributed by atoms with Crippen molar-refractivity contribution in [3.63, 3.8) is 0 Å². The van der Waals surface area contributed by atoms with Crippen LogP contribution in [-0.2, 0) is 39.8 Å². The third-order valence-electron chi connectivity index (χ3n) is 9.35. The second kappa shape index (κ2) is 18.2. The SMILES string of the molecule is CC[C@H](C)C([C@@H](CC(=O)N1CCC[C@H]1C(OC)[C@@H](C)C(=O)N[C@@H](Cc1ccccc1)C(=O)OC)OC)N(C)C(=O)[C@@H](N)C(C)C. The summed E-state index contributed by atoms with van der Waals surface area (Å²) < 4.78 is 16.7. The van der Waals surface area contributed by atoms with E-state index in [4.69, 9.17) is 19.9 Å². The number of nitrogens with one attached hydrogen (secondary N) is 1. The maximum absolute atomic E-state index is 13.9. The number of nitrogens with zero attached hydrogens (tertiary/aromatic N) is 2. The molecule has 3 N–H and O–H groups in total. The number of rotatable bonds is 17. The standard InChI is InChI=1S/C34H56N4O7/c1-10-22(4)30(37(6)33(41)29(35)21(2)3)27(43-7)20-28(39)38-18-14-17-26(38)31(44-8)23(5)32(40)36-25(34(42)45-9)19-24-15-12-11-13-16-24/h11-13,15-16,21-23,25-27,29-31H,10,14,17-20,35H2,1-9H3,(H,36,40)/t22-,23+,25-,26-,27+,29-,30?,31?/m0/s1. The van der Waals surface area contributed by atoms with Gasteiger partial charge < -0.3 is 35.1 Å². The Morgan fingerprint density at radius 3 is 2.22 bits per heavy atom. The number of hydrogen-bond donors (Lipinski definition) is 2. The number of benzene rings is 1. The Kier molecular flexibility index (Phi) is 15.4. The van der Waals surface area contributed by atoms with E-state index in [0.29, 0.717) is 13.0 Å². The quantitative estimate of drug-likeness (QED) is 0.250. The zero-order valence-electron chi connectivity index (χ0n) is 28.7. The number of nitrogens with two attached hydrogens (primary N) is 1. The molecule has 0 aliphatic carbocycles. The molecule has 1 aromatic carbocycles. The van der Waals surface area contributed by atoms with Gasteiger partial charge in [-0.1, -0.05) is 71.4 Å². The molecule has 8 atom stereocenters. The molecule has 0 bridgehead atoms. The minimum atomic E-state index is -0.866. The van der Waals surface area contributed by atoms with Gasteiger partial charge in [0.1, 0.15) is 6.04 Å². The first-order chi connectivity index (χ1) is 21.3. The molecule has 0 saturated carbocycles. The Morgan fingerprint density at radius 2 is 1.69 bits per heavy atom. The van der Waals surface area contributed by atoms with E-state index in [-0.39, 0.29) is 54.5 Å². The van der Waals surface area contributed by atoms with Crippen LogP contribution in [0.5, 0.6) is 0 Å². The van der Waals surface area contributed by atoms with Crippen LogP contribution in [0.15, 0.2) is 30.3 Å². The number of amides is 3. The molecule has 0 spiro atoms. The molecule has 2 unspecified atom stereocenters. The fourth-order valence-electron chi connectivity index (χ4n) is 6.31. The fourth-order valence-corrected chi connectivity index (χ4v) is 6.31. The Hall–Kier alpha value is -3.02. The zero-order chi connectivity index (χ0) is 33.8. The number of ether oxygens (including phenoxy) is 3. The summed E-state index contributed by atoms with van der Waals surface area (Å²) in [5.74, 6) is -1.84. The lowest BCUT2D eigenvalue weighted by atomic mass is 9.89. The highest BCUT2D eigenvalue weighted by atomic mass is 16.5. The van der Waals surface area contributed by atoms with E-state index in [2.05, 4.69) is 5.32 Å². The predicted octanol–water partition coefficient (Wildman–Crippen LogP) is 2.79. The summed E-state index contributed by atoms with van der Waals surface area (Å²) in [6.45, 7) is 10.2. The van der Waals surface area contributed by atoms with E-state index in [1.54, 1.807) is 30.9 Å². The van der Waals surface area contributed by atoms with Crippen LogP contribution in [0.2, 0.25) is 0 Å². The topological polar surface area (TPSA) is 141 Å². The summed E-state index contributed by atoms with van der Waals surface area (Å²) in [6.07, 6.45) is 1.40. The molecule has 1 aliphatic heterocycles. The highest BCUT2D eigenvalue weighted by Gasteiger charge is 2.42. The molecular formula is C34H56N4O7. The van der Waals surface area contributed by atoms with Crippen LogP contribution in [0.4, 0.5) is 0 Å². The molecular weight excluding hydrogens is 576 g/mol. The van der Waals surface area contributed by atoms with Gasteiger partial charge in [0.15, 0.2) is 0 Å². The maximum Gasteiger partial charge on any atom is 0.328 e. The normalized spacial score (nSPS) is 19.6. The molecule has 0 radical (unpaired) electrons. The second-order valence-electron chi connectivity index (χ2n) is 12.6. The maximum atomic E-state index is 13.9. The van der Waals surface area contributed by atoms with Crippen molar-refractivity contribution < 1.29 is 33.4 Å². The van der Waals surface area contributed by atoms with Crippen LogP contribution < -0.4 is 11.1 Å². The smallest absolute Gasteiger partial charge is 0.328 e. The number of hydrogen-bond acceptors (Lipinski definition) is 8. The number of carbonyl (C=O) groups is 4. The van der Waals surface area contributed by atoms with Crippen molar-refractivity contribution in [2.24, 2.45) is 23.5 Å². The molecule has 1 aromatic rings. The van der Waals surface area contributed by atoms with Crippen molar-refractivity contribution in [1.82, 2.24) is 15.1 Å². The second-order valence-corrected chi connectivity index (χ2v) is 12.6. The first-order valence-electron chi connectivity index (χ1n) is 16.1. The average Bonchev–Trinajstić information content (AvgIpc) is 3.52. The third-order valence-corrected chi connectivity index (χ3v) is 9.35. The lowest BCUT2D eigenvalue weighted by molar-refractivity contribution is -0.148. The van der Waals surface area contributed by atoms with Crippen molar-refractivity contribution in [3.05, 3.63) is 35.9 Å². The van der Waals surface area contributed by atoms with Gasteiger partial charge in [0.25, 0.3) is 0 Å². The van der Waals surface area contributed by atoms with E-state index in [1.165, 1.54) is 14.2 Å². The van der Waals surface area contributed by atoms with Gasteiger partial charge in [-0.25, -0.2) is 4.79 Å². The Balaban J connectivity index is 2.22. The first-order valence-corrected chi connectivity index (χ1v) is 16.1. The van der Waals surface area contributed by atoms with Crippen molar-refractivity contribution in [2.75, 3.05) is 34.9 Å². The molecule has 1 fully saturated rings. The molecule has 1 aliphatic rings. The summed E-state index contributed by atoms with van der Waals surface area (Å²) in [4.78, 5) is 56.6. The van der Waals surface area contributed by atoms with Gasteiger partial charge >= 0.3 is 5.97 Å². The van der Waals surface area contributed by atoms with Crippen molar-refractivity contribution >= 4 is 23.7 Å². The zero-order valence-corrected chi connectivity index (χ0v) is 28.7. The van der Waals surface area contributed by atoms with Gasteiger partial charge in [0.2, 0.25) is 17.7 Å². The highest BCUT2D eigenvalue weighted by molar-refractivity contribution is 5.86. The Morgan fingerprint density at radius 1 is 1.04 bits per heavy atom. The number of methoxy groups -OCH3 is 3. The molecule has 45 heavy (non-hydrogen) atoms. The summed E-state index contributed by atoms with van der Waals surface area (Å²) in [5, 5.41) is 2.85. The van der Waals surface area contributed by atoms with Gasteiger partial charge in [0.05, 0.1) is 49.8 Å². The van der Waals surface area contributed by atoms with E-state index in [9.17, 15) is 19.2 Å². The van der Waals surface area contributed by atoms with Crippen molar-refractivity contribution in [1.29, 1.82) is 0 Å². The van der Waals surface area contributed by atoms with Crippen LogP contribution in [-0.4, -0.2) is 105 Å². The molecule has 1 saturated heterocycles. The third kappa shape index (κ3) is 9.98. The van der Waals surface area contributed by atoms with E-state index < -0.39 is 36.2 Å². The minimum Gasteiger partial charge on any atom is -0.467 e. The number of carbonyl (C=O) groups excluding carboxylic acids is 4. The number of esters is 1. The van der Waals surface area contributed by atoms with E-state index in [0.717, 1.165) is 18.4 Å². The summed E-state index contributed by atoms with van der Waals surface area (Å²) in [5.41, 5.74) is 7.10. The molecule has 254 valence electrons. The average molecular weight is 633 g/mol. The molecule has 11 heteroatoms. The summed E-state index contributed by atoms with van der Waals surface area (Å²) in [7, 11) is 6.12.